The largest absolute Gasteiger partial charge is 0.497 e. The molecule has 0 atom stereocenters. The Morgan fingerprint density at radius 2 is 1.58 bits per heavy atom. The molecule has 1 heterocycles. The van der Waals surface area contributed by atoms with Gasteiger partial charge in [-0.25, -0.2) is 4.79 Å². The topological polar surface area (TPSA) is 56.8 Å². The molecule has 4 rings (SSSR count). The number of nitrogens with one attached hydrogen (secondary N) is 2. The number of benzene rings is 3. The number of carbonyl (C=O) groups is 1. The molecule has 1 fully saturated rings. The van der Waals surface area contributed by atoms with Crippen molar-refractivity contribution in [1.82, 2.24) is 20.4 Å². The van der Waals surface area contributed by atoms with Gasteiger partial charge in [-0.2, -0.15) is 0 Å². The first-order chi connectivity index (χ1) is 18.6. The van der Waals surface area contributed by atoms with Gasteiger partial charge in [-0.05, 0) is 40.8 Å². The third-order valence-corrected chi connectivity index (χ3v) is 7.00. The molecule has 2 amide bonds. The van der Waals surface area contributed by atoms with Gasteiger partial charge in [0.05, 0.1) is 7.11 Å². The lowest BCUT2D eigenvalue weighted by molar-refractivity contribution is 0.196. The number of amides is 2. The van der Waals surface area contributed by atoms with Crippen molar-refractivity contribution >= 4 is 6.03 Å². The Kier molecular flexibility index (Phi) is 10.4. The second kappa shape index (κ2) is 14.4. The lowest BCUT2D eigenvalue weighted by Crippen LogP contribution is -2.46. The van der Waals surface area contributed by atoms with Crippen LogP contribution < -0.4 is 15.4 Å². The van der Waals surface area contributed by atoms with E-state index in [4.69, 9.17) is 4.74 Å². The van der Waals surface area contributed by atoms with Crippen molar-refractivity contribution in [2.45, 2.75) is 18.9 Å². The Morgan fingerprint density at radius 3 is 2.16 bits per heavy atom. The first-order valence-electron chi connectivity index (χ1n) is 13.5. The third-order valence-electron chi connectivity index (χ3n) is 7.00. The Morgan fingerprint density at radius 1 is 0.974 bits per heavy atom. The maximum absolute atomic E-state index is 13.5. The van der Waals surface area contributed by atoms with Crippen LogP contribution in [0.5, 0.6) is 5.75 Å². The van der Waals surface area contributed by atoms with E-state index in [0.717, 1.165) is 56.0 Å². The zero-order chi connectivity index (χ0) is 26.6. The summed E-state index contributed by atoms with van der Waals surface area (Å²) in [6, 6.07) is 28.9. The highest BCUT2D eigenvalue weighted by Crippen LogP contribution is 2.27. The monoisotopic (exact) mass is 512 g/mol. The second-order valence-corrected chi connectivity index (χ2v) is 9.87. The van der Waals surface area contributed by atoms with Gasteiger partial charge in [-0.15, -0.1) is 0 Å². The van der Waals surface area contributed by atoms with Crippen molar-refractivity contribution in [3.63, 3.8) is 0 Å². The van der Waals surface area contributed by atoms with Crippen LogP contribution in [0.3, 0.4) is 0 Å². The van der Waals surface area contributed by atoms with Crippen LogP contribution in [0.4, 0.5) is 4.79 Å². The van der Waals surface area contributed by atoms with Gasteiger partial charge in [0.25, 0.3) is 0 Å². The lowest BCUT2D eigenvalue weighted by Gasteiger charge is -2.30. The van der Waals surface area contributed by atoms with E-state index in [2.05, 4.69) is 70.6 Å². The number of piperazine rings is 1. The van der Waals surface area contributed by atoms with E-state index in [1.54, 1.807) is 7.11 Å². The molecule has 3 aromatic rings. The van der Waals surface area contributed by atoms with E-state index in [-0.39, 0.29) is 11.9 Å². The van der Waals surface area contributed by atoms with Gasteiger partial charge in [0.1, 0.15) is 5.75 Å². The van der Waals surface area contributed by atoms with Gasteiger partial charge in [-0.1, -0.05) is 79.4 Å². The Bertz CT molecular complexity index is 1090. The average Bonchev–Trinajstić information content (AvgIpc) is 2.96. The zero-order valence-corrected chi connectivity index (χ0v) is 22.4. The van der Waals surface area contributed by atoms with Crippen LogP contribution in [0.25, 0.3) is 0 Å². The molecule has 0 unspecified atom stereocenters. The van der Waals surface area contributed by atoms with Crippen LogP contribution in [-0.2, 0) is 6.54 Å². The number of rotatable bonds is 12. The van der Waals surface area contributed by atoms with Crippen molar-refractivity contribution in [1.29, 1.82) is 0 Å². The first-order valence-corrected chi connectivity index (χ1v) is 13.5. The minimum Gasteiger partial charge on any atom is -0.497 e. The van der Waals surface area contributed by atoms with Gasteiger partial charge < -0.3 is 20.3 Å². The molecule has 6 nitrogen and oxygen atoms in total. The van der Waals surface area contributed by atoms with E-state index in [1.807, 2.05) is 41.3 Å². The highest BCUT2D eigenvalue weighted by molar-refractivity contribution is 5.74. The molecule has 3 aromatic carbocycles. The number of carbonyl (C=O) groups excluding carboxylic acids is 1. The fourth-order valence-corrected chi connectivity index (χ4v) is 4.99. The van der Waals surface area contributed by atoms with Crippen molar-refractivity contribution in [3.05, 3.63) is 114 Å². The fourth-order valence-electron chi connectivity index (χ4n) is 4.99. The summed E-state index contributed by atoms with van der Waals surface area (Å²) in [5.41, 5.74) is 4.62. The van der Waals surface area contributed by atoms with Crippen molar-refractivity contribution < 1.29 is 9.53 Å². The van der Waals surface area contributed by atoms with Crippen molar-refractivity contribution in [3.8, 4) is 5.75 Å². The summed E-state index contributed by atoms with van der Waals surface area (Å²) >= 11 is 0. The van der Waals surface area contributed by atoms with Crippen LogP contribution in [0.1, 0.15) is 29.0 Å². The molecule has 200 valence electrons. The predicted octanol–water partition coefficient (Wildman–Crippen LogP) is 4.89. The third kappa shape index (κ3) is 8.20. The Labute approximate surface area is 227 Å². The molecule has 0 aromatic heterocycles. The van der Waals surface area contributed by atoms with E-state index in [1.165, 1.54) is 11.1 Å². The van der Waals surface area contributed by atoms with E-state index >= 15 is 0 Å². The second-order valence-electron chi connectivity index (χ2n) is 9.87. The first kappa shape index (κ1) is 27.4. The molecule has 0 spiro atoms. The van der Waals surface area contributed by atoms with E-state index in [9.17, 15) is 4.79 Å². The van der Waals surface area contributed by atoms with Gasteiger partial charge in [-0.3, -0.25) is 4.90 Å². The van der Waals surface area contributed by atoms with Crippen LogP contribution in [0, 0.1) is 0 Å². The number of hydrogen-bond acceptors (Lipinski definition) is 4. The van der Waals surface area contributed by atoms with Crippen molar-refractivity contribution in [2.24, 2.45) is 0 Å². The minimum atomic E-state index is -0.0675. The smallest absolute Gasteiger partial charge is 0.317 e. The van der Waals surface area contributed by atoms with E-state index < -0.39 is 0 Å². The summed E-state index contributed by atoms with van der Waals surface area (Å²) in [4.78, 5) is 17.7. The average molecular weight is 513 g/mol. The highest BCUT2D eigenvalue weighted by atomic mass is 16.5. The molecular formula is C32H40N4O2. The standard InChI is InChI=1S/C32H40N4O2/c1-26(23-35-21-19-33-20-22-35)24-36(25-27-13-15-30(38-2)16-14-27)32(37)34-18-17-31(28-9-5-3-6-10-28)29-11-7-4-8-12-29/h3-16,31,33H,1,17-25H2,2H3,(H,34,37). The molecule has 2 N–H and O–H groups in total. The highest BCUT2D eigenvalue weighted by Gasteiger charge is 2.19. The molecule has 0 saturated carbocycles. The number of methoxy groups -OCH3 is 1. The molecule has 38 heavy (non-hydrogen) atoms. The molecule has 1 saturated heterocycles. The minimum absolute atomic E-state index is 0.0675. The molecule has 1 aliphatic rings. The summed E-state index contributed by atoms with van der Waals surface area (Å²) in [5, 5.41) is 6.59. The molecule has 6 heteroatoms. The maximum atomic E-state index is 13.5. The molecular weight excluding hydrogens is 472 g/mol. The molecule has 0 aliphatic carbocycles. The van der Waals surface area contributed by atoms with Crippen LogP contribution in [-0.4, -0.2) is 68.8 Å². The zero-order valence-electron chi connectivity index (χ0n) is 22.4. The normalized spacial score (nSPS) is 13.7. The van der Waals surface area contributed by atoms with Gasteiger partial charge in [0, 0.05) is 58.3 Å². The van der Waals surface area contributed by atoms with Crippen LogP contribution in [0.2, 0.25) is 0 Å². The number of nitrogens with zero attached hydrogens (tertiary/aromatic N) is 2. The predicted molar refractivity (Wildman–Crippen MR) is 155 cm³/mol. The van der Waals surface area contributed by atoms with E-state index in [0.29, 0.717) is 19.6 Å². The lowest BCUT2D eigenvalue weighted by atomic mass is 9.88. The molecule has 0 radical (unpaired) electrons. The van der Waals surface area contributed by atoms with Crippen LogP contribution in [0.15, 0.2) is 97.1 Å². The van der Waals surface area contributed by atoms with Crippen molar-refractivity contribution in [2.75, 3.05) is 52.9 Å². The quantitative estimate of drug-likeness (QED) is 0.339. The van der Waals surface area contributed by atoms with Gasteiger partial charge >= 0.3 is 6.03 Å². The van der Waals surface area contributed by atoms with Crippen LogP contribution >= 0.6 is 0 Å². The molecule has 1 aliphatic heterocycles. The number of hydrogen-bond donors (Lipinski definition) is 2. The maximum Gasteiger partial charge on any atom is 0.317 e. The SMILES string of the molecule is C=C(CN1CCNCC1)CN(Cc1ccc(OC)cc1)C(=O)NCCC(c1ccccc1)c1ccccc1. The Balaban J connectivity index is 1.41. The van der Waals surface area contributed by atoms with Gasteiger partial charge in [0.15, 0.2) is 0 Å². The summed E-state index contributed by atoms with van der Waals surface area (Å²) in [7, 11) is 1.66. The summed E-state index contributed by atoms with van der Waals surface area (Å²) in [5.74, 6) is 1.02. The summed E-state index contributed by atoms with van der Waals surface area (Å²) in [6.45, 7) is 10.7. The molecule has 0 bridgehead atoms. The summed E-state index contributed by atoms with van der Waals surface area (Å²) in [6.07, 6.45) is 0.817. The summed E-state index contributed by atoms with van der Waals surface area (Å²) < 4.78 is 5.30. The fraction of sp³-hybridized carbons (Fsp3) is 0.344. The number of ether oxygens (including phenoxy) is 1. The van der Waals surface area contributed by atoms with Gasteiger partial charge in [0.2, 0.25) is 0 Å². The number of urea groups is 1. The Hall–Kier alpha value is -3.61.